The van der Waals surface area contributed by atoms with Crippen LogP contribution >= 0.6 is 0 Å². The molecule has 144 valence electrons. The van der Waals surface area contributed by atoms with Crippen LogP contribution in [0.15, 0.2) is 54.6 Å². The number of ether oxygens (including phenoxy) is 1. The summed E-state index contributed by atoms with van der Waals surface area (Å²) >= 11 is 0. The van der Waals surface area contributed by atoms with Crippen LogP contribution in [0.25, 0.3) is 5.57 Å². The molecule has 0 saturated carbocycles. The Morgan fingerprint density at radius 1 is 1.21 bits per heavy atom. The summed E-state index contributed by atoms with van der Waals surface area (Å²) in [5.41, 5.74) is 3.18. The van der Waals surface area contributed by atoms with Gasteiger partial charge in [0.15, 0.2) is 0 Å². The van der Waals surface area contributed by atoms with E-state index in [1.54, 1.807) is 12.1 Å². The van der Waals surface area contributed by atoms with Crippen molar-refractivity contribution in [1.29, 1.82) is 5.26 Å². The lowest BCUT2D eigenvalue weighted by atomic mass is 9.98. The molecule has 0 saturated heterocycles. The summed E-state index contributed by atoms with van der Waals surface area (Å²) in [5, 5.41) is 8.80. The van der Waals surface area contributed by atoms with Crippen molar-refractivity contribution in [2.45, 2.75) is 20.0 Å². The first-order chi connectivity index (χ1) is 13.5. The smallest absolute Gasteiger partial charge is 0.131 e. The molecule has 0 radical (unpaired) electrons. The number of halogens is 2. The van der Waals surface area contributed by atoms with Gasteiger partial charge in [-0.3, -0.25) is 4.90 Å². The Morgan fingerprint density at radius 2 is 2.04 bits per heavy atom. The molecule has 5 heteroatoms. The van der Waals surface area contributed by atoms with Crippen LogP contribution in [0, 0.1) is 23.0 Å². The van der Waals surface area contributed by atoms with Gasteiger partial charge in [0.1, 0.15) is 24.0 Å². The topological polar surface area (TPSA) is 36.3 Å². The van der Waals surface area contributed by atoms with Gasteiger partial charge in [0.2, 0.25) is 0 Å². The van der Waals surface area contributed by atoms with E-state index in [1.807, 2.05) is 19.1 Å². The molecule has 2 aromatic rings. The molecule has 3 rings (SSSR count). The van der Waals surface area contributed by atoms with Gasteiger partial charge in [-0.25, -0.2) is 8.78 Å². The van der Waals surface area contributed by atoms with Gasteiger partial charge in [-0.15, -0.1) is 0 Å². The van der Waals surface area contributed by atoms with Gasteiger partial charge < -0.3 is 4.74 Å². The molecular formula is C23H22F2N2O. The van der Waals surface area contributed by atoms with Crippen LogP contribution in [0.1, 0.15) is 30.0 Å². The minimum Gasteiger partial charge on any atom is -0.489 e. The van der Waals surface area contributed by atoms with Gasteiger partial charge in [0, 0.05) is 30.8 Å². The lowest BCUT2D eigenvalue weighted by Gasteiger charge is -2.26. The van der Waals surface area contributed by atoms with Crippen molar-refractivity contribution >= 4 is 5.57 Å². The monoisotopic (exact) mass is 380 g/mol. The third-order valence-electron chi connectivity index (χ3n) is 4.65. The zero-order chi connectivity index (χ0) is 20.1. The van der Waals surface area contributed by atoms with Gasteiger partial charge in [-0.1, -0.05) is 24.3 Å². The molecule has 1 heterocycles. The molecule has 1 aliphatic rings. The second-order valence-corrected chi connectivity index (χ2v) is 7.02. The molecular weight excluding hydrogens is 358 g/mol. The Kier molecular flexibility index (Phi) is 6.23. The van der Waals surface area contributed by atoms with E-state index in [4.69, 9.17) is 10.00 Å². The average molecular weight is 380 g/mol. The number of hydrogen-bond acceptors (Lipinski definition) is 3. The van der Waals surface area contributed by atoms with Gasteiger partial charge in [0.25, 0.3) is 0 Å². The predicted molar refractivity (Wildman–Crippen MR) is 106 cm³/mol. The number of rotatable bonds is 6. The molecule has 0 unspecified atom stereocenters. The summed E-state index contributed by atoms with van der Waals surface area (Å²) < 4.78 is 34.0. The fraction of sp³-hybridized carbons (Fsp3) is 0.261. The lowest BCUT2D eigenvalue weighted by Crippen LogP contribution is -2.29. The van der Waals surface area contributed by atoms with Gasteiger partial charge in [0.05, 0.1) is 11.6 Å². The molecule has 0 bridgehead atoms. The highest BCUT2D eigenvalue weighted by atomic mass is 19.1. The summed E-state index contributed by atoms with van der Waals surface area (Å²) in [6, 6.07) is 10.7. The van der Waals surface area contributed by atoms with E-state index in [1.165, 1.54) is 24.3 Å². The van der Waals surface area contributed by atoms with Crippen LogP contribution in [0.5, 0.6) is 5.75 Å². The standard InChI is InChI=1S/C23H22F2N2O/c1-16(2)14-27-9-7-18(8-10-27)21-12-20(5-6-22(21)24)28-15-19-4-3-17(13-26)11-23(19)25/h3-7,11-12H,1,8-10,14-15H2,2H3. The molecule has 0 atom stereocenters. The Morgan fingerprint density at radius 3 is 2.68 bits per heavy atom. The molecule has 0 amide bonds. The van der Waals surface area contributed by atoms with Crippen molar-refractivity contribution in [2.24, 2.45) is 0 Å². The van der Waals surface area contributed by atoms with Crippen molar-refractivity contribution in [1.82, 2.24) is 4.90 Å². The fourth-order valence-electron chi connectivity index (χ4n) is 3.22. The lowest BCUT2D eigenvalue weighted by molar-refractivity contribution is 0.299. The predicted octanol–water partition coefficient (Wildman–Crippen LogP) is 5.08. The van der Waals surface area contributed by atoms with Gasteiger partial charge in [-0.05, 0) is 49.2 Å². The normalized spacial score (nSPS) is 14.3. The SMILES string of the molecule is C=C(C)CN1CC=C(c2cc(OCc3ccc(C#N)cc3F)ccc2F)CC1. The van der Waals surface area contributed by atoms with Crippen LogP contribution < -0.4 is 4.74 Å². The molecule has 0 aliphatic carbocycles. The van der Waals surface area contributed by atoms with Crippen LogP contribution in [0.2, 0.25) is 0 Å². The number of benzene rings is 2. The van der Waals surface area contributed by atoms with Crippen LogP contribution in [-0.4, -0.2) is 24.5 Å². The van der Waals surface area contributed by atoms with Crippen molar-refractivity contribution in [3.05, 3.63) is 83.0 Å². The third kappa shape index (κ3) is 4.85. The quantitative estimate of drug-likeness (QED) is 0.656. The number of hydrogen-bond donors (Lipinski definition) is 0. The number of nitriles is 1. The minimum atomic E-state index is -0.492. The maximum Gasteiger partial charge on any atom is 0.131 e. The molecule has 3 nitrogen and oxygen atoms in total. The van der Waals surface area contributed by atoms with Crippen LogP contribution in [-0.2, 0) is 6.61 Å². The molecule has 2 aromatic carbocycles. The maximum atomic E-state index is 14.4. The first kappa shape index (κ1) is 19.8. The Balaban J connectivity index is 1.71. The molecule has 0 spiro atoms. The van der Waals surface area contributed by atoms with Crippen LogP contribution in [0.4, 0.5) is 8.78 Å². The molecule has 0 fully saturated rings. The van der Waals surface area contributed by atoms with E-state index in [9.17, 15) is 8.78 Å². The summed E-state index contributed by atoms with van der Waals surface area (Å²) in [4.78, 5) is 2.26. The van der Waals surface area contributed by atoms with E-state index >= 15 is 0 Å². The average Bonchev–Trinajstić information content (AvgIpc) is 2.68. The molecule has 0 aromatic heterocycles. The van der Waals surface area contributed by atoms with Crippen molar-refractivity contribution < 1.29 is 13.5 Å². The van der Waals surface area contributed by atoms with E-state index in [0.29, 0.717) is 16.9 Å². The van der Waals surface area contributed by atoms with Crippen LogP contribution in [0.3, 0.4) is 0 Å². The Bertz CT molecular complexity index is 960. The Labute approximate surface area is 164 Å². The summed E-state index contributed by atoms with van der Waals surface area (Å²) in [5.74, 6) is -0.309. The zero-order valence-electron chi connectivity index (χ0n) is 15.8. The highest BCUT2D eigenvalue weighted by Crippen LogP contribution is 2.28. The summed E-state index contributed by atoms with van der Waals surface area (Å²) in [7, 11) is 0. The second-order valence-electron chi connectivity index (χ2n) is 7.02. The first-order valence-corrected chi connectivity index (χ1v) is 9.13. The highest BCUT2D eigenvalue weighted by molar-refractivity contribution is 5.68. The van der Waals surface area contributed by atoms with Crippen molar-refractivity contribution in [3.63, 3.8) is 0 Å². The van der Waals surface area contributed by atoms with E-state index in [2.05, 4.69) is 11.5 Å². The second kappa shape index (κ2) is 8.81. The molecule has 0 N–H and O–H groups in total. The minimum absolute atomic E-state index is 0.00799. The largest absolute Gasteiger partial charge is 0.489 e. The maximum absolute atomic E-state index is 14.4. The van der Waals surface area contributed by atoms with E-state index in [0.717, 1.165) is 37.2 Å². The third-order valence-corrected chi connectivity index (χ3v) is 4.65. The summed E-state index contributed by atoms with van der Waals surface area (Å²) in [6.07, 6.45) is 2.78. The van der Waals surface area contributed by atoms with E-state index in [-0.39, 0.29) is 18.0 Å². The Hall–Kier alpha value is -2.97. The highest BCUT2D eigenvalue weighted by Gasteiger charge is 2.16. The van der Waals surface area contributed by atoms with Gasteiger partial charge in [-0.2, -0.15) is 5.26 Å². The first-order valence-electron chi connectivity index (χ1n) is 9.13. The van der Waals surface area contributed by atoms with E-state index < -0.39 is 5.82 Å². The summed E-state index contributed by atoms with van der Waals surface area (Å²) in [6.45, 7) is 8.38. The zero-order valence-corrected chi connectivity index (χ0v) is 15.8. The van der Waals surface area contributed by atoms with Gasteiger partial charge >= 0.3 is 0 Å². The molecule has 1 aliphatic heterocycles. The van der Waals surface area contributed by atoms with Crippen molar-refractivity contribution in [3.8, 4) is 11.8 Å². The molecule has 28 heavy (non-hydrogen) atoms. The fourth-order valence-corrected chi connectivity index (χ4v) is 3.22. The number of nitrogens with zero attached hydrogens (tertiary/aromatic N) is 2. The van der Waals surface area contributed by atoms with Crippen molar-refractivity contribution in [2.75, 3.05) is 19.6 Å².